The zero-order valence-corrected chi connectivity index (χ0v) is 19.8. The zero-order valence-electron chi connectivity index (χ0n) is 19.0. The number of hydrogen-bond acceptors (Lipinski definition) is 7. The maximum atomic E-state index is 12.3. The van der Waals surface area contributed by atoms with Gasteiger partial charge in [-0.05, 0) is 59.1 Å². The van der Waals surface area contributed by atoms with Gasteiger partial charge in [-0.3, -0.25) is 0 Å². The first kappa shape index (κ1) is 20.9. The van der Waals surface area contributed by atoms with E-state index in [0.29, 0.717) is 19.0 Å². The van der Waals surface area contributed by atoms with E-state index in [2.05, 4.69) is 16.1 Å². The Morgan fingerprint density at radius 3 is 2.53 bits per heavy atom. The number of rotatable bonds is 2. The van der Waals surface area contributed by atoms with Crippen LogP contribution in [0.15, 0.2) is 18.5 Å². The minimum absolute atomic E-state index is 0.233. The fraction of sp³-hybridized carbons (Fsp3) is 0.500. The van der Waals surface area contributed by atoms with Crippen LogP contribution in [-0.2, 0) is 4.74 Å². The minimum Gasteiger partial charge on any atom is -0.444 e. The molecule has 4 aromatic rings. The molecule has 0 aromatic carbocycles. The molecule has 1 amide bonds. The Bertz CT molecular complexity index is 1270. The van der Waals surface area contributed by atoms with Crippen molar-refractivity contribution in [3.8, 4) is 10.6 Å². The highest BCUT2D eigenvalue weighted by Crippen LogP contribution is 2.32. The van der Waals surface area contributed by atoms with E-state index in [9.17, 15) is 4.79 Å². The largest absolute Gasteiger partial charge is 0.444 e. The van der Waals surface area contributed by atoms with Gasteiger partial charge in [0.2, 0.25) is 4.96 Å². The Morgan fingerprint density at radius 1 is 1.09 bits per heavy atom. The lowest BCUT2D eigenvalue weighted by atomic mass is 9.94. The first-order valence-corrected chi connectivity index (χ1v) is 11.7. The molecule has 10 heteroatoms. The van der Waals surface area contributed by atoms with Crippen LogP contribution in [0.1, 0.15) is 56.6 Å². The van der Waals surface area contributed by atoms with Crippen molar-refractivity contribution in [2.45, 2.75) is 59.0 Å². The number of likely N-dealkylation sites (tertiary alicyclic amines) is 1. The monoisotopic (exact) mass is 453 g/mol. The number of carbonyl (C=O) groups is 1. The number of carbonyl (C=O) groups excluding carboxylic acids is 1. The lowest BCUT2D eigenvalue weighted by Gasteiger charge is -2.32. The Balaban J connectivity index is 1.31. The second-order valence-electron chi connectivity index (χ2n) is 9.38. The van der Waals surface area contributed by atoms with E-state index >= 15 is 0 Å². The summed E-state index contributed by atoms with van der Waals surface area (Å²) in [5.41, 5.74) is 3.50. The van der Waals surface area contributed by atoms with E-state index in [0.717, 1.165) is 51.1 Å². The topological polar surface area (TPSA) is 89.9 Å². The summed E-state index contributed by atoms with van der Waals surface area (Å²) in [6.45, 7) is 11.0. The van der Waals surface area contributed by atoms with Crippen LogP contribution in [-0.4, -0.2) is 58.9 Å². The van der Waals surface area contributed by atoms with E-state index in [4.69, 9.17) is 14.8 Å². The molecule has 1 aliphatic heterocycles. The SMILES string of the molecule is Cc1nc2c(C)cc(-c3nn4cc(C5CCN(C(=O)OC(C)(C)C)CC5)nc4s3)cn2n1. The molecule has 5 rings (SSSR count). The van der Waals surface area contributed by atoms with Crippen LogP contribution in [0.25, 0.3) is 21.2 Å². The van der Waals surface area contributed by atoms with Crippen molar-refractivity contribution in [2.75, 3.05) is 13.1 Å². The molecule has 0 bridgehead atoms. The standard InChI is InChI=1S/C22H27N7O2S/c1-13-10-16(11-28-18(13)23-14(2)25-28)19-26-29-12-17(24-20(29)32-19)15-6-8-27(9-7-15)21(30)31-22(3,4)5/h10-12,15H,6-9H2,1-5H3. The van der Waals surface area contributed by atoms with Crippen LogP contribution in [0.5, 0.6) is 0 Å². The molecule has 1 aliphatic rings. The van der Waals surface area contributed by atoms with Crippen LogP contribution in [0.2, 0.25) is 0 Å². The number of nitrogens with zero attached hydrogens (tertiary/aromatic N) is 7. The molecule has 5 heterocycles. The molecular formula is C22H27N7O2S. The number of aromatic nitrogens is 6. The van der Waals surface area contributed by atoms with E-state index < -0.39 is 5.60 Å². The smallest absolute Gasteiger partial charge is 0.410 e. The second kappa shape index (κ2) is 7.54. The van der Waals surface area contributed by atoms with E-state index in [-0.39, 0.29) is 6.09 Å². The fourth-order valence-electron chi connectivity index (χ4n) is 4.09. The average molecular weight is 454 g/mol. The third kappa shape index (κ3) is 3.94. The number of ether oxygens (including phenoxy) is 1. The number of fused-ring (bicyclic) bond motifs is 2. The molecule has 0 atom stereocenters. The molecule has 0 saturated carbocycles. The van der Waals surface area contributed by atoms with Crippen LogP contribution in [0, 0.1) is 13.8 Å². The Kier molecular flexibility index (Phi) is 4.92. The number of aryl methyl sites for hydroxylation is 2. The predicted molar refractivity (Wildman–Crippen MR) is 122 cm³/mol. The second-order valence-corrected chi connectivity index (χ2v) is 10.3. The molecule has 4 aromatic heterocycles. The quantitative estimate of drug-likeness (QED) is 0.451. The molecule has 1 saturated heterocycles. The molecule has 9 nitrogen and oxygen atoms in total. The Labute approximate surface area is 190 Å². The van der Waals surface area contributed by atoms with E-state index in [1.807, 2.05) is 56.0 Å². The lowest BCUT2D eigenvalue weighted by Crippen LogP contribution is -2.41. The van der Waals surface area contributed by atoms with Gasteiger partial charge in [-0.25, -0.2) is 23.8 Å². The molecule has 0 N–H and O–H groups in total. The van der Waals surface area contributed by atoms with Crippen LogP contribution >= 0.6 is 11.3 Å². The number of imidazole rings is 1. The highest BCUT2D eigenvalue weighted by Gasteiger charge is 2.29. The van der Waals surface area contributed by atoms with Gasteiger partial charge >= 0.3 is 6.09 Å². The number of hydrogen-bond donors (Lipinski definition) is 0. The molecule has 0 aliphatic carbocycles. The van der Waals surface area contributed by atoms with Gasteiger partial charge in [0.05, 0.1) is 11.9 Å². The maximum Gasteiger partial charge on any atom is 0.410 e. The van der Waals surface area contributed by atoms with Gasteiger partial charge in [0.1, 0.15) is 16.4 Å². The highest BCUT2D eigenvalue weighted by molar-refractivity contribution is 7.19. The predicted octanol–water partition coefficient (Wildman–Crippen LogP) is 4.23. The average Bonchev–Trinajstić information content (AvgIpc) is 3.39. The van der Waals surface area contributed by atoms with Crippen molar-refractivity contribution in [3.05, 3.63) is 35.5 Å². The van der Waals surface area contributed by atoms with Crippen molar-refractivity contribution in [1.29, 1.82) is 0 Å². The van der Waals surface area contributed by atoms with Gasteiger partial charge in [0, 0.05) is 30.8 Å². The maximum absolute atomic E-state index is 12.3. The van der Waals surface area contributed by atoms with Crippen molar-refractivity contribution in [1.82, 2.24) is 34.1 Å². The van der Waals surface area contributed by atoms with Crippen LogP contribution < -0.4 is 0 Å². The molecule has 1 fully saturated rings. The zero-order chi connectivity index (χ0) is 22.6. The summed E-state index contributed by atoms with van der Waals surface area (Å²) in [5, 5.41) is 10.1. The van der Waals surface area contributed by atoms with Crippen molar-refractivity contribution >= 4 is 28.0 Å². The summed E-state index contributed by atoms with van der Waals surface area (Å²) in [5.74, 6) is 1.07. The van der Waals surface area contributed by atoms with E-state index in [1.165, 1.54) is 0 Å². The van der Waals surface area contributed by atoms with Gasteiger partial charge in [-0.15, -0.1) is 0 Å². The summed E-state index contributed by atoms with van der Waals surface area (Å²) < 4.78 is 9.17. The first-order valence-electron chi connectivity index (χ1n) is 10.8. The number of piperidine rings is 1. The summed E-state index contributed by atoms with van der Waals surface area (Å²) in [4.78, 5) is 24.3. The third-order valence-electron chi connectivity index (χ3n) is 5.60. The summed E-state index contributed by atoms with van der Waals surface area (Å²) in [6, 6.07) is 2.09. The molecule has 0 spiro atoms. The van der Waals surface area contributed by atoms with Crippen molar-refractivity contribution in [3.63, 3.8) is 0 Å². The number of amides is 1. The van der Waals surface area contributed by atoms with E-state index in [1.54, 1.807) is 16.2 Å². The Morgan fingerprint density at radius 2 is 1.84 bits per heavy atom. The summed E-state index contributed by atoms with van der Waals surface area (Å²) >= 11 is 1.57. The normalized spacial score (nSPS) is 15.7. The Hall–Kier alpha value is -3.01. The van der Waals surface area contributed by atoms with Gasteiger partial charge in [-0.2, -0.15) is 10.2 Å². The summed E-state index contributed by atoms with van der Waals surface area (Å²) in [7, 11) is 0. The summed E-state index contributed by atoms with van der Waals surface area (Å²) in [6.07, 6.45) is 5.50. The highest BCUT2D eigenvalue weighted by atomic mass is 32.1. The van der Waals surface area contributed by atoms with Crippen molar-refractivity contribution in [2.24, 2.45) is 0 Å². The van der Waals surface area contributed by atoms with Gasteiger partial charge in [0.25, 0.3) is 0 Å². The minimum atomic E-state index is -0.471. The molecule has 32 heavy (non-hydrogen) atoms. The number of pyridine rings is 1. The van der Waals surface area contributed by atoms with Crippen LogP contribution in [0.3, 0.4) is 0 Å². The van der Waals surface area contributed by atoms with Gasteiger partial charge in [-0.1, -0.05) is 11.3 Å². The molecule has 168 valence electrons. The van der Waals surface area contributed by atoms with Crippen LogP contribution in [0.4, 0.5) is 4.79 Å². The van der Waals surface area contributed by atoms with Crippen molar-refractivity contribution < 1.29 is 9.53 Å². The fourth-order valence-corrected chi connectivity index (χ4v) is 4.96. The third-order valence-corrected chi connectivity index (χ3v) is 6.57. The molecular weight excluding hydrogens is 426 g/mol. The molecule has 0 radical (unpaired) electrons. The first-order chi connectivity index (χ1) is 15.2. The van der Waals surface area contributed by atoms with Gasteiger partial charge < -0.3 is 9.64 Å². The lowest BCUT2D eigenvalue weighted by molar-refractivity contribution is 0.0204. The van der Waals surface area contributed by atoms with Gasteiger partial charge in [0.15, 0.2) is 5.65 Å². The molecule has 0 unspecified atom stereocenters.